The Labute approximate surface area is 151 Å². The van der Waals surface area contributed by atoms with Crippen LogP contribution in [-0.2, 0) is 11.2 Å². The fourth-order valence-corrected chi connectivity index (χ4v) is 3.54. The van der Waals surface area contributed by atoms with Gasteiger partial charge in [0.15, 0.2) is 11.5 Å². The predicted molar refractivity (Wildman–Crippen MR) is 97.3 cm³/mol. The number of nitrogens with zero attached hydrogens (tertiary/aromatic N) is 2. The molecule has 2 heterocycles. The maximum absolute atomic E-state index is 13.7. The quantitative estimate of drug-likeness (QED) is 0.703. The monoisotopic (exact) mass is 352 g/mol. The second kappa shape index (κ2) is 7.28. The molecule has 4 rings (SSSR count). The number of hydrogen-bond donors (Lipinski definition) is 0. The van der Waals surface area contributed by atoms with Crippen molar-refractivity contribution in [3.05, 3.63) is 65.8 Å². The SMILES string of the molecule is O=C(CCc1ccccc1F)N1CCC(c2nc3ccccc3o2)CC1. The second-order valence-corrected chi connectivity index (χ2v) is 6.77. The number of para-hydroxylation sites is 2. The first-order valence-corrected chi connectivity index (χ1v) is 9.07. The van der Waals surface area contributed by atoms with Gasteiger partial charge in [0.05, 0.1) is 0 Å². The Bertz CT molecular complexity index is 880. The summed E-state index contributed by atoms with van der Waals surface area (Å²) in [5, 5.41) is 0. The molecule has 0 saturated carbocycles. The highest BCUT2D eigenvalue weighted by Gasteiger charge is 2.26. The number of hydrogen-bond acceptors (Lipinski definition) is 3. The van der Waals surface area contributed by atoms with Crippen molar-refractivity contribution < 1.29 is 13.6 Å². The first-order valence-electron chi connectivity index (χ1n) is 9.07. The van der Waals surface area contributed by atoms with Crippen molar-refractivity contribution in [3.8, 4) is 0 Å². The largest absolute Gasteiger partial charge is 0.440 e. The van der Waals surface area contributed by atoms with Crippen LogP contribution in [0.1, 0.15) is 36.6 Å². The molecule has 3 aromatic rings. The molecule has 0 spiro atoms. The van der Waals surface area contributed by atoms with E-state index in [1.807, 2.05) is 29.2 Å². The number of amides is 1. The van der Waals surface area contributed by atoms with Crippen LogP contribution in [0.4, 0.5) is 4.39 Å². The Morgan fingerprint density at radius 2 is 1.85 bits per heavy atom. The van der Waals surface area contributed by atoms with Crippen LogP contribution in [0.3, 0.4) is 0 Å². The molecule has 26 heavy (non-hydrogen) atoms. The van der Waals surface area contributed by atoms with Gasteiger partial charge in [0.2, 0.25) is 5.91 Å². The number of carbonyl (C=O) groups is 1. The van der Waals surface area contributed by atoms with Gasteiger partial charge < -0.3 is 9.32 Å². The Morgan fingerprint density at radius 1 is 1.12 bits per heavy atom. The van der Waals surface area contributed by atoms with Crippen molar-refractivity contribution in [2.45, 2.75) is 31.6 Å². The second-order valence-electron chi connectivity index (χ2n) is 6.77. The summed E-state index contributed by atoms with van der Waals surface area (Å²) in [6.45, 7) is 1.39. The summed E-state index contributed by atoms with van der Waals surface area (Å²) in [4.78, 5) is 18.9. The van der Waals surface area contributed by atoms with Crippen LogP contribution >= 0.6 is 0 Å². The zero-order chi connectivity index (χ0) is 17.9. The molecule has 0 atom stereocenters. The zero-order valence-corrected chi connectivity index (χ0v) is 14.5. The van der Waals surface area contributed by atoms with E-state index in [-0.39, 0.29) is 17.6 Å². The van der Waals surface area contributed by atoms with Gasteiger partial charge in [-0.25, -0.2) is 9.37 Å². The number of benzene rings is 2. The average Bonchev–Trinajstić information content (AvgIpc) is 3.11. The minimum absolute atomic E-state index is 0.0873. The predicted octanol–water partition coefficient (Wildman–Crippen LogP) is 4.31. The number of fused-ring (bicyclic) bond motifs is 1. The molecule has 1 aliphatic rings. The summed E-state index contributed by atoms with van der Waals surface area (Å²) in [5.41, 5.74) is 2.29. The highest BCUT2D eigenvalue weighted by atomic mass is 19.1. The smallest absolute Gasteiger partial charge is 0.222 e. The summed E-state index contributed by atoms with van der Waals surface area (Å²) in [7, 11) is 0. The first-order chi connectivity index (χ1) is 12.7. The van der Waals surface area contributed by atoms with Crippen LogP contribution in [0.2, 0.25) is 0 Å². The number of piperidine rings is 1. The lowest BCUT2D eigenvalue weighted by atomic mass is 9.96. The van der Waals surface area contributed by atoms with Gasteiger partial charge >= 0.3 is 0 Å². The van der Waals surface area contributed by atoms with Gasteiger partial charge in [0, 0.05) is 25.4 Å². The molecule has 4 nitrogen and oxygen atoms in total. The van der Waals surface area contributed by atoms with Gasteiger partial charge in [-0.05, 0) is 43.0 Å². The van der Waals surface area contributed by atoms with E-state index in [0.29, 0.717) is 31.5 Å². The molecule has 2 aromatic carbocycles. The van der Waals surface area contributed by atoms with Gasteiger partial charge in [-0.1, -0.05) is 30.3 Å². The van der Waals surface area contributed by atoms with Crippen LogP contribution in [0.25, 0.3) is 11.1 Å². The Morgan fingerprint density at radius 3 is 2.62 bits per heavy atom. The van der Waals surface area contributed by atoms with E-state index >= 15 is 0 Å². The van der Waals surface area contributed by atoms with Crippen molar-refractivity contribution in [2.24, 2.45) is 0 Å². The molecular formula is C21H21FN2O2. The molecular weight excluding hydrogens is 331 g/mol. The van der Waals surface area contributed by atoms with Gasteiger partial charge in [-0.2, -0.15) is 0 Å². The van der Waals surface area contributed by atoms with E-state index in [2.05, 4.69) is 4.98 Å². The number of carbonyl (C=O) groups excluding carboxylic acids is 1. The molecule has 0 aliphatic carbocycles. The summed E-state index contributed by atoms with van der Waals surface area (Å²) >= 11 is 0. The number of aryl methyl sites for hydroxylation is 1. The molecule has 134 valence electrons. The third kappa shape index (κ3) is 3.47. The number of halogens is 1. The molecule has 1 fully saturated rings. The van der Waals surface area contributed by atoms with Crippen LogP contribution < -0.4 is 0 Å². The van der Waals surface area contributed by atoms with Gasteiger partial charge in [-0.3, -0.25) is 4.79 Å². The van der Waals surface area contributed by atoms with Gasteiger partial charge in [0.25, 0.3) is 0 Å². The molecule has 1 aliphatic heterocycles. The van der Waals surface area contributed by atoms with Gasteiger partial charge in [0.1, 0.15) is 11.3 Å². The number of oxazole rings is 1. The molecule has 0 radical (unpaired) electrons. The Hall–Kier alpha value is -2.69. The van der Waals surface area contributed by atoms with E-state index < -0.39 is 0 Å². The molecule has 1 aromatic heterocycles. The summed E-state index contributed by atoms with van der Waals surface area (Å²) in [5.74, 6) is 0.863. The standard InChI is InChI=1S/C21H21FN2O2/c22-17-6-2-1-5-15(17)9-10-20(25)24-13-11-16(12-14-24)21-23-18-7-3-4-8-19(18)26-21/h1-8,16H,9-14H2. The van der Waals surface area contributed by atoms with Crippen molar-refractivity contribution in [1.29, 1.82) is 0 Å². The molecule has 1 amide bonds. The average molecular weight is 352 g/mol. The van der Waals surface area contributed by atoms with Crippen molar-refractivity contribution >= 4 is 17.0 Å². The lowest BCUT2D eigenvalue weighted by molar-refractivity contribution is -0.132. The van der Waals surface area contributed by atoms with E-state index in [4.69, 9.17) is 4.42 Å². The number of aromatic nitrogens is 1. The van der Waals surface area contributed by atoms with Crippen molar-refractivity contribution in [3.63, 3.8) is 0 Å². The Balaban J connectivity index is 1.33. The lowest BCUT2D eigenvalue weighted by Gasteiger charge is -2.30. The normalized spacial score (nSPS) is 15.5. The third-order valence-electron chi connectivity index (χ3n) is 5.07. The topological polar surface area (TPSA) is 46.3 Å². The highest BCUT2D eigenvalue weighted by molar-refractivity contribution is 5.76. The van der Waals surface area contributed by atoms with E-state index in [1.54, 1.807) is 18.2 Å². The number of rotatable bonds is 4. The maximum Gasteiger partial charge on any atom is 0.222 e. The molecule has 0 N–H and O–H groups in total. The molecule has 1 saturated heterocycles. The highest BCUT2D eigenvalue weighted by Crippen LogP contribution is 2.30. The van der Waals surface area contributed by atoms with E-state index in [0.717, 1.165) is 29.8 Å². The fraction of sp³-hybridized carbons (Fsp3) is 0.333. The zero-order valence-electron chi connectivity index (χ0n) is 14.5. The van der Waals surface area contributed by atoms with Crippen LogP contribution in [0.15, 0.2) is 52.9 Å². The number of likely N-dealkylation sites (tertiary alicyclic amines) is 1. The van der Waals surface area contributed by atoms with Crippen molar-refractivity contribution in [2.75, 3.05) is 13.1 Å². The fourth-order valence-electron chi connectivity index (χ4n) is 3.54. The maximum atomic E-state index is 13.7. The van der Waals surface area contributed by atoms with Crippen LogP contribution in [0, 0.1) is 5.82 Å². The molecule has 5 heteroatoms. The van der Waals surface area contributed by atoms with Crippen LogP contribution in [0.5, 0.6) is 0 Å². The van der Waals surface area contributed by atoms with Gasteiger partial charge in [-0.15, -0.1) is 0 Å². The van der Waals surface area contributed by atoms with E-state index in [1.165, 1.54) is 6.07 Å². The summed E-state index contributed by atoms with van der Waals surface area (Å²) in [6.07, 6.45) is 2.47. The summed E-state index contributed by atoms with van der Waals surface area (Å²) < 4.78 is 19.5. The lowest BCUT2D eigenvalue weighted by Crippen LogP contribution is -2.38. The van der Waals surface area contributed by atoms with Crippen molar-refractivity contribution in [1.82, 2.24) is 9.88 Å². The molecule has 0 unspecified atom stereocenters. The minimum Gasteiger partial charge on any atom is -0.440 e. The third-order valence-corrected chi connectivity index (χ3v) is 5.07. The minimum atomic E-state index is -0.241. The van der Waals surface area contributed by atoms with E-state index in [9.17, 15) is 9.18 Å². The summed E-state index contributed by atoms with van der Waals surface area (Å²) in [6, 6.07) is 14.4. The molecule has 0 bridgehead atoms. The Kier molecular flexibility index (Phi) is 4.69. The first kappa shape index (κ1) is 16.8. The van der Waals surface area contributed by atoms with Crippen LogP contribution in [-0.4, -0.2) is 28.9 Å².